The summed E-state index contributed by atoms with van der Waals surface area (Å²) in [7, 11) is -16.6. The molecule has 0 saturated heterocycles. The van der Waals surface area contributed by atoms with E-state index < -0.39 is 48.2 Å². The first-order chi connectivity index (χ1) is 8.83. The maximum atomic E-state index is 12.5. The van der Waals surface area contributed by atoms with E-state index in [4.69, 9.17) is 5.73 Å². The maximum absolute atomic E-state index is 12.5. The lowest BCUT2D eigenvalue weighted by Crippen LogP contribution is -2.28. The molecular weight excluding hydrogens is 362 g/mol. The number of benzene rings is 1. The van der Waals surface area contributed by atoms with E-state index in [1.807, 2.05) is 0 Å². The lowest BCUT2D eigenvalue weighted by molar-refractivity contribution is -0.0500. The summed E-state index contributed by atoms with van der Waals surface area (Å²) < 4.78 is 123. The number of hydrogen-bond donors (Lipinski definition) is 1. The first kappa shape index (κ1) is 17.6. The molecule has 0 aliphatic heterocycles. The van der Waals surface area contributed by atoms with Crippen LogP contribution in [0.5, 0.6) is 5.75 Å². The molecule has 0 fully saturated rings. The molecule has 0 radical (unpaired) electrons. The van der Waals surface area contributed by atoms with Gasteiger partial charge in [-0.05, 0) is 12.1 Å². The average molecular weight is 367 g/mol. The van der Waals surface area contributed by atoms with E-state index in [2.05, 4.69) is 4.18 Å². The third-order valence-electron chi connectivity index (χ3n) is 1.89. The lowest BCUT2D eigenvalue weighted by atomic mass is 10.3. The molecule has 1 aromatic carbocycles. The van der Waals surface area contributed by atoms with Gasteiger partial charge in [0.25, 0.3) is 0 Å². The molecule has 0 atom stereocenters. The predicted molar refractivity (Wildman–Crippen MR) is 57.9 cm³/mol. The third-order valence-corrected chi connectivity index (χ3v) is 4.05. The first-order valence-electron chi connectivity index (χ1n) is 4.48. The molecule has 0 amide bonds. The van der Waals surface area contributed by atoms with Crippen molar-refractivity contribution in [1.29, 1.82) is 0 Å². The van der Waals surface area contributed by atoms with Gasteiger partial charge in [0.2, 0.25) is 0 Å². The van der Waals surface area contributed by atoms with Crippen LogP contribution in [-0.4, -0.2) is 13.9 Å². The van der Waals surface area contributed by atoms with Crippen LogP contribution in [0.4, 0.5) is 38.3 Å². The van der Waals surface area contributed by atoms with Crippen LogP contribution in [0, 0.1) is 0 Å². The van der Waals surface area contributed by atoms with Crippen molar-refractivity contribution >= 4 is 26.0 Å². The third kappa shape index (κ3) is 4.03. The van der Waals surface area contributed by atoms with Crippen LogP contribution in [-0.2, 0) is 10.1 Å². The van der Waals surface area contributed by atoms with Gasteiger partial charge in [-0.2, -0.15) is 21.6 Å². The van der Waals surface area contributed by atoms with Gasteiger partial charge in [-0.1, -0.05) is 19.4 Å². The molecule has 2 N–H and O–H groups in total. The number of halogens is 8. The van der Waals surface area contributed by atoms with Crippen molar-refractivity contribution in [1.82, 2.24) is 0 Å². The van der Waals surface area contributed by atoms with Crippen molar-refractivity contribution in [3.05, 3.63) is 18.2 Å². The Morgan fingerprint density at radius 1 is 1.05 bits per heavy atom. The molecule has 0 bridgehead atoms. The summed E-state index contributed by atoms with van der Waals surface area (Å²) in [6, 6.07) is -0.194. The smallest absolute Gasteiger partial charge is 0.398 e. The van der Waals surface area contributed by atoms with E-state index in [0.717, 1.165) is 0 Å². The summed E-state index contributed by atoms with van der Waals surface area (Å²) >= 11 is 0. The fourth-order valence-electron chi connectivity index (χ4n) is 1.07. The molecule has 0 unspecified atom stereocenters. The summed E-state index contributed by atoms with van der Waals surface area (Å²) in [5.74, 6) is -1.61. The fraction of sp³-hybridized carbons (Fsp3) is 0.143. The highest BCUT2D eigenvalue weighted by atomic mass is 32.5. The number of alkyl halides is 3. The Morgan fingerprint density at radius 3 is 1.90 bits per heavy atom. The quantitative estimate of drug-likeness (QED) is 0.377. The number of anilines is 1. The van der Waals surface area contributed by atoms with Crippen LogP contribution in [0.2, 0.25) is 0 Å². The molecule has 124 valence electrons. The Kier molecular flexibility index (Phi) is 3.23. The van der Waals surface area contributed by atoms with Crippen LogP contribution in [0.1, 0.15) is 0 Å². The largest absolute Gasteiger partial charge is 0.534 e. The molecule has 0 aromatic heterocycles. The first-order valence-corrected chi connectivity index (χ1v) is 7.84. The Morgan fingerprint density at radius 2 is 1.52 bits per heavy atom. The monoisotopic (exact) mass is 367 g/mol. The highest BCUT2D eigenvalue weighted by molar-refractivity contribution is 8.45. The predicted octanol–water partition coefficient (Wildman–Crippen LogP) is 4.15. The number of nitrogens with two attached hydrogens (primary N) is 1. The van der Waals surface area contributed by atoms with Crippen LogP contribution in [0.15, 0.2) is 23.1 Å². The van der Waals surface area contributed by atoms with Gasteiger partial charge < -0.3 is 9.92 Å². The molecule has 21 heavy (non-hydrogen) atoms. The van der Waals surface area contributed by atoms with Crippen LogP contribution in [0.3, 0.4) is 0 Å². The molecule has 14 heteroatoms. The number of rotatable bonds is 3. The summed E-state index contributed by atoms with van der Waals surface area (Å²) in [5, 5.41) is 0. The molecule has 1 rings (SSSR count). The molecular formula is C7H5F8NO3S2. The fourth-order valence-corrected chi connectivity index (χ4v) is 2.38. The number of nitrogen functional groups attached to an aromatic ring is 1. The van der Waals surface area contributed by atoms with Crippen LogP contribution >= 0.6 is 10.2 Å². The second-order valence-electron chi connectivity index (χ2n) is 3.65. The zero-order valence-corrected chi connectivity index (χ0v) is 11.0. The summed E-state index contributed by atoms with van der Waals surface area (Å²) in [6.07, 6.45) is 0. The maximum Gasteiger partial charge on any atom is 0.534 e. The van der Waals surface area contributed by atoms with Gasteiger partial charge in [0.1, 0.15) is 10.6 Å². The van der Waals surface area contributed by atoms with Gasteiger partial charge >= 0.3 is 25.9 Å². The van der Waals surface area contributed by atoms with E-state index >= 15 is 0 Å². The van der Waals surface area contributed by atoms with Crippen molar-refractivity contribution in [3.63, 3.8) is 0 Å². The summed E-state index contributed by atoms with van der Waals surface area (Å²) in [4.78, 5) is -2.75. The molecule has 0 spiro atoms. The zero-order valence-electron chi connectivity index (χ0n) is 9.37. The lowest BCUT2D eigenvalue weighted by Gasteiger charge is -2.41. The second-order valence-corrected chi connectivity index (χ2v) is 7.57. The SMILES string of the molecule is Nc1ccc(OS(=O)(=O)C(F)(F)F)cc1S(F)(F)(F)(F)F. The minimum Gasteiger partial charge on any atom is -0.398 e. The Labute approximate surface area is 112 Å². The van der Waals surface area contributed by atoms with E-state index in [0.29, 0.717) is 0 Å². The van der Waals surface area contributed by atoms with E-state index in [1.165, 1.54) is 0 Å². The van der Waals surface area contributed by atoms with Crippen molar-refractivity contribution in [2.24, 2.45) is 0 Å². The van der Waals surface area contributed by atoms with Gasteiger partial charge in [-0.15, -0.1) is 0 Å². The van der Waals surface area contributed by atoms with E-state index in [1.54, 1.807) is 0 Å². The van der Waals surface area contributed by atoms with E-state index in [9.17, 15) is 41.0 Å². The van der Waals surface area contributed by atoms with E-state index in [-0.39, 0.29) is 12.1 Å². The highest BCUT2D eigenvalue weighted by Gasteiger charge is 2.66. The highest BCUT2D eigenvalue weighted by Crippen LogP contribution is 3.02. The molecule has 1 aromatic rings. The normalized spacial score (nSPS) is 17.0. The molecule has 0 heterocycles. The zero-order chi connectivity index (χ0) is 17.0. The van der Waals surface area contributed by atoms with Crippen molar-refractivity contribution < 1.29 is 45.2 Å². The standard InChI is InChI=1S/C7H5F8NO3S2/c8-7(9,10)20(17,18)19-4-1-2-5(16)6(3-4)21(11,12,13,14)15/h1-3H,16H2. The Bertz CT molecular complexity index is 678. The van der Waals surface area contributed by atoms with Crippen LogP contribution < -0.4 is 9.92 Å². The Balaban J connectivity index is 3.42. The van der Waals surface area contributed by atoms with Gasteiger partial charge in [0.15, 0.2) is 0 Å². The molecule has 0 aliphatic rings. The van der Waals surface area contributed by atoms with Gasteiger partial charge in [-0.3, -0.25) is 0 Å². The van der Waals surface area contributed by atoms with Gasteiger partial charge in [0.05, 0.1) is 5.69 Å². The summed E-state index contributed by atoms with van der Waals surface area (Å²) in [5.41, 5.74) is -2.74. The van der Waals surface area contributed by atoms with Crippen molar-refractivity contribution in [2.45, 2.75) is 10.4 Å². The molecule has 0 saturated carbocycles. The second kappa shape index (κ2) is 3.85. The van der Waals surface area contributed by atoms with Crippen LogP contribution in [0.25, 0.3) is 0 Å². The minimum atomic E-state index is -10.3. The van der Waals surface area contributed by atoms with Gasteiger partial charge in [-0.25, -0.2) is 0 Å². The Hall–Kier alpha value is -1.44. The molecule has 0 aliphatic carbocycles. The average Bonchev–Trinajstić information content (AvgIpc) is 2.15. The number of hydrogen-bond acceptors (Lipinski definition) is 4. The van der Waals surface area contributed by atoms with Crippen molar-refractivity contribution in [3.8, 4) is 5.75 Å². The van der Waals surface area contributed by atoms with Crippen molar-refractivity contribution in [2.75, 3.05) is 5.73 Å². The minimum absolute atomic E-state index is 0.147. The molecule has 4 nitrogen and oxygen atoms in total. The summed E-state index contributed by atoms with van der Waals surface area (Å²) in [6.45, 7) is 0. The topological polar surface area (TPSA) is 69.4 Å². The van der Waals surface area contributed by atoms with Gasteiger partial charge in [0, 0.05) is 6.07 Å².